The van der Waals surface area contributed by atoms with Crippen molar-refractivity contribution in [3.8, 4) is 0 Å². The van der Waals surface area contributed by atoms with Crippen LogP contribution in [0.3, 0.4) is 0 Å². The molecular weight excluding hydrogens is 164 g/mol. The minimum Gasteiger partial charge on any atom is -0.462 e. The molecular formula is C11H18O2. The molecule has 74 valence electrons. The van der Waals surface area contributed by atoms with E-state index in [1.54, 1.807) is 0 Å². The van der Waals surface area contributed by atoms with E-state index in [0.29, 0.717) is 12.5 Å². The lowest BCUT2D eigenvalue weighted by molar-refractivity contribution is -0.138. The second-order valence-electron chi connectivity index (χ2n) is 3.09. The topological polar surface area (TPSA) is 26.3 Å². The van der Waals surface area contributed by atoms with E-state index in [-0.39, 0.29) is 5.97 Å². The average molecular weight is 182 g/mol. The van der Waals surface area contributed by atoms with Gasteiger partial charge in [-0.1, -0.05) is 25.7 Å². The van der Waals surface area contributed by atoms with Crippen molar-refractivity contribution < 1.29 is 9.53 Å². The first-order valence-electron chi connectivity index (χ1n) is 4.61. The molecule has 0 radical (unpaired) electrons. The zero-order valence-corrected chi connectivity index (χ0v) is 8.45. The lowest BCUT2D eigenvalue weighted by Crippen LogP contribution is -2.09. The first kappa shape index (κ1) is 11.9. The molecule has 0 rings (SSSR count). The van der Waals surface area contributed by atoms with Crippen LogP contribution in [0.15, 0.2) is 24.8 Å². The molecule has 0 amide bonds. The quantitative estimate of drug-likeness (QED) is 0.358. The molecule has 0 N–H and O–H groups in total. The molecule has 1 unspecified atom stereocenters. The predicted octanol–water partition coefficient (Wildman–Crippen LogP) is 2.71. The summed E-state index contributed by atoms with van der Waals surface area (Å²) in [5, 5.41) is 0. The Balaban J connectivity index is 3.45. The van der Waals surface area contributed by atoms with Crippen molar-refractivity contribution in [3.05, 3.63) is 24.8 Å². The molecule has 0 aromatic rings. The Hall–Kier alpha value is -1.05. The molecule has 0 aromatic carbocycles. The van der Waals surface area contributed by atoms with Gasteiger partial charge in [0.05, 0.1) is 6.61 Å². The van der Waals surface area contributed by atoms with E-state index < -0.39 is 0 Å². The Bertz CT molecular complexity index is 183. The second kappa shape index (κ2) is 7.59. The maximum atomic E-state index is 10.7. The van der Waals surface area contributed by atoms with E-state index >= 15 is 0 Å². The number of esters is 1. The predicted molar refractivity (Wildman–Crippen MR) is 54.4 cm³/mol. The van der Waals surface area contributed by atoms with E-state index in [4.69, 9.17) is 4.74 Å². The Kier molecular flexibility index (Phi) is 6.98. The van der Waals surface area contributed by atoms with Crippen LogP contribution in [0.4, 0.5) is 0 Å². The lowest BCUT2D eigenvalue weighted by Gasteiger charge is -2.09. The Morgan fingerprint density at radius 3 is 2.85 bits per heavy atom. The Morgan fingerprint density at radius 1 is 1.62 bits per heavy atom. The van der Waals surface area contributed by atoms with Gasteiger partial charge in [0.25, 0.3) is 0 Å². The summed E-state index contributed by atoms with van der Waals surface area (Å²) >= 11 is 0. The third kappa shape index (κ3) is 7.32. The molecule has 0 fully saturated rings. The minimum absolute atomic E-state index is 0.335. The number of ether oxygens (including phenoxy) is 1. The number of hydrogen-bond acceptors (Lipinski definition) is 2. The fourth-order valence-electron chi connectivity index (χ4n) is 0.914. The van der Waals surface area contributed by atoms with Gasteiger partial charge in [-0.2, -0.15) is 0 Å². The zero-order valence-electron chi connectivity index (χ0n) is 8.45. The first-order valence-corrected chi connectivity index (χ1v) is 4.61. The Morgan fingerprint density at radius 2 is 2.31 bits per heavy atom. The number of carbonyl (C=O) groups excluding carboxylic acids is 1. The molecule has 0 saturated carbocycles. The summed E-state index contributed by atoms with van der Waals surface area (Å²) in [4.78, 5) is 10.7. The van der Waals surface area contributed by atoms with Crippen LogP contribution >= 0.6 is 0 Å². The van der Waals surface area contributed by atoms with Gasteiger partial charge in [0.2, 0.25) is 0 Å². The Labute approximate surface area is 80.3 Å². The highest BCUT2D eigenvalue weighted by atomic mass is 16.5. The van der Waals surface area contributed by atoms with Crippen LogP contribution in [-0.4, -0.2) is 12.6 Å². The van der Waals surface area contributed by atoms with E-state index in [1.165, 1.54) is 6.08 Å². The van der Waals surface area contributed by atoms with Crippen LogP contribution in [-0.2, 0) is 9.53 Å². The van der Waals surface area contributed by atoms with E-state index in [2.05, 4.69) is 19.6 Å². The molecule has 1 atom stereocenters. The smallest absolute Gasteiger partial charge is 0.330 e. The third-order valence-corrected chi connectivity index (χ3v) is 1.74. The molecule has 0 aliphatic carbocycles. The maximum Gasteiger partial charge on any atom is 0.330 e. The van der Waals surface area contributed by atoms with Gasteiger partial charge in [0, 0.05) is 6.08 Å². The van der Waals surface area contributed by atoms with Crippen molar-refractivity contribution in [2.24, 2.45) is 5.92 Å². The van der Waals surface area contributed by atoms with Crippen molar-refractivity contribution in [2.75, 3.05) is 6.61 Å². The summed E-state index contributed by atoms with van der Waals surface area (Å²) in [5.41, 5.74) is 0. The van der Waals surface area contributed by atoms with Gasteiger partial charge in [0.1, 0.15) is 0 Å². The van der Waals surface area contributed by atoms with Crippen molar-refractivity contribution in [1.82, 2.24) is 0 Å². The normalized spacial score (nSPS) is 12.8. The van der Waals surface area contributed by atoms with Gasteiger partial charge < -0.3 is 4.74 Å². The molecule has 0 saturated heterocycles. The monoisotopic (exact) mass is 182 g/mol. The fraction of sp³-hybridized carbons (Fsp3) is 0.545. The summed E-state index contributed by atoms with van der Waals surface area (Å²) in [5.74, 6) is 0.0815. The highest BCUT2D eigenvalue weighted by molar-refractivity contribution is 5.81. The molecule has 2 nitrogen and oxygen atoms in total. The van der Waals surface area contributed by atoms with Crippen LogP contribution in [0, 0.1) is 5.92 Å². The second-order valence-corrected chi connectivity index (χ2v) is 3.09. The van der Waals surface area contributed by atoms with Crippen molar-refractivity contribution in [1.29, 1.82) is 0 Å². The van der Waals surface area contributed by atoms with Gasteiger partial charge in [0.15, 0.2) is 0 Å². The maximum absolute atomic E-state index is 10.7. The highest BCUT2D eigenvalue weighted by Crippen LogP contribution is 2.06. The number of allylic oxidation sites excluding steroid dienone is 2. The van der Waals surface area contributed by atoms with Crippen LogP contribution in [0.2, 0.25) is 0 Å². The molecule has 2 heteroatoms. The third-order valence-electron chi connectivity index (χ3n) is 1.74. The summed E-state index contributed by atoms with van der Waals surface area (Å²) < 4.78 is 4.90. The van der Waals surface area contributed by atoms with Crippen LogP contribution in [0.1, 0.15) is 26.7 Å². The number of rotatable bonds is 6. The van der Waals surface area contributed by atoms with Gasteiger partial charge in [-0.05, 0) is 25.7 Å². The zero-order chi connectivity index (χ0) is 10.1. The van der Waals surface area contributed by atoms with Crippen LogP contribution in [0.25, 0.3) is 0 Å². The van der Waals surface area contributed by atoms with E-state index in [1.807, 2.05) is 13.0 Å². The van der Waals surface area contributed by atoms with Gasteiger partial charge in [-0.3, -0.25) is 0 Å². The highest BCUT2D eigenvalue weighted by Gasteiger charge is 2.03. The molecule has 0 bridgehead atoms. The largest absolute Gasteiger partial charge is 0.462 e. The lowest BCUT2D eigenvalue weighted by atomic mass is 10.1. The SMILES string of the molecule is C=CC(=O)OCC(C)CCC=CC. The molecule has 13 heavy (non-hydrogen) atoms. The summed E-state index contributed by atoms with van der Waals surface area (Å²) in [6.45, 7) is 7.89. The van der Waals surface area contributed by atoms with Crippen molar-refractivity contribution >= 4 is 5.97 Å². The van der Waals surface area contributed by atoms with Crippen LogP contribution < -0.4 is 0 Å². The van der Waals surface area contributed by atoms with Crippen LogP contribution in [0.5, 0.6) is 0 Å². The molecule has 0 heterocycles. The van der Waals surface area contributed by atoms with Gasteiger partial charge >= 0.3 is 5.97 Å². The molecule has 0 aliphatic heterocycles. The molecule has 0 spiro atoms. The first-order chi connectivity index (χ1) is 6.20. The molecule has 0 aromatic heterocycles. The fourth-order valence-corrected chi connectivity index (χ4v) is 0.914. The van der Waals surface area contributed by atoms with Gasteiger partial charge in [-0.25, -0.2) is 4.79 Å². The number of carbonyl (C=O) groups is 1. The summed E-state index contributed by atoms with van der Waals surface area (Å²) in [6, 6.07) is 0. The van der Waals surface area contributed by atoms with Crippen molar-refractivity contribution in [3.63, 3.8) is 0 Å². The van der Waals surface area contributed by atoms with Crippen molar-refractivity contribution in [2.45, 2.75) is 26.7 Å². The minimum atomic E-state index is -0.335. The average Bonchev–Trinajstić information content (AvgIpc) is 2.14. The number of hydrogen-bond donors (Lipinski definition) is 0. The summed E-state index contributed by atoms with van der Waals surface area (Å²) in [6.07, 6.45) is 7.44. The standard InChI is InChI=1S/C11H18O2/c1-4-6-7-8-10(3)9-13-11(12)5-2/h4-6,10H,2,7-9H2,1,3H3. The molecule has 0 aliphatic rings. The van der Waals surface area contributed by atoms with E-state index in [9.17, 15) is 4.79 Å². The van der Waals surface area contributed by atoms with E-state index in [0.717, 1.165) is 12.8 Å². The van der Waals surface area contributed by atoms with Gasteiger partial charge in [-0.15, -0.1) is 0 Å². The summed E-state index contributed by atoms with van der Waals surface area (Å²) in [7, 11) is 0.